The molecule has 0 aromatic carbocycles. The lowest BCUT2D eigenvalue weighted by molar-refractivity contribution is 0.291. The van der Waals surface area contributed by atoms with Crippen molar-refractivity contribution in [3.8, 4) is 5.88 Å². The standard InChI is InChI=1S/C14H25N3O/c1-4-6-7-8-10-18-14-12(3)13(15-9-5-2)16-11-17-14/h11H,4-10H2,1-3H3,(H,15,16,17). The highest BCUT2D eigenvalue weighted by Crippen LogP contribution is 2.20. The minimum Gasteiger partial charge on any atom is -0.477 e. The zero-order valence-electron chi connectivity index (χ0n) is 11.8. The fourth-order valence-corrected chi connectivity index (χ4v) is 1.70. The topological polar surface area (TPSA) is 47.0 Å². The summed E-state index contributed by atoms with van der Waals surface area (Å²) in [6.07, 6.45) is 7.48. The van der Waals surface area contributed by atoms with Crippen molar-refractivity contribution < 1.29 is 4.74 Å². The number of nitrogens with zero attached hydrogens (tertiary/aromatic N) is 2. The van der Waals surface area contributed by atoms with Gasteiger partial charge in [-0.1, -0.05) is 33.1 Å². The van der Waals surface area contributed by atoms with E-state index in [2.05, 4.69) is 29.1 Å². The molecule has 0 aliphatic carbocycles. The van der Waals surface area contributed by atoms with Gasteiger partial charge in [0.15, 0.2) is 0 Å². The minimum atomic E-state index is 0.708. The summed E-state index contributed by atoms with van der Waals surface area (Å²) in [5.74, 6) is 1.59. The molecule has 0 aliphatic rings. The summed E-state index contributed by atoms with van der Waals surface area (Å²) in [6, 6.07) is 0. The van der Waals surface area contributed by atoms with Crippen LogP contribution in [0.2, 0.25) is 0 Å². The average Bonchev–Trinajstić information content (AvgIpc) is 2.39. The minimum absolute atomic E-state index is 0.708. The predicted molar refractivity (Wildman–Crippen MR) is 75.2 cm³/mol. The molecular weight excluding hydrogens is 226 g/mol. The Morgan fingerprint density at radius 2 is 1.94 bits per heavy atom. The zero-order valence-corrected chi connectivity index (χ0v) is 11.8. The van der Waals surface area contributed by atoms with Crippen LogP contribution in [0, 0.1) is 6.92 Å². The van der Waals surface area contributed by atoms with Crippen molar-refractivity contribution in [3.63, 3.8) is 0 Å². The molecular formula is C14H25N3O. The van der Waals surface area contributed by atoms with Crippen LogP contribution in [-0.4, -0.2) is 23.1 Å². The molecule has 0 radical (unpaired) electrons. The van der Waals surface area contributed by atoms with Gasteiger partial charge in [-0.25, -0.2) is 9.97 Å². The summed E-state index contributed by atoms with van der Waals surface area (Å²) in [5.41, 5.74) is 1.00. The Morgan fingerprint density at radius 3 is 2.67 bits per heavy atom. The van der Waals surface area contributed by atoms with Gasteiger partial charge in [-0.15, -0.1) is 0 Å². The number of rotatable bonds is 9. The monoisotopic (exact) mass is 251 g/mol. The van der Waals surface area contributed by atoms with Crippen LogP contribution >= 0.6 is 0 Å². The van der Waals surface area contributed by atoms with E-state index in [1.165, 1.54) is 19.3 Å². The number of nitrogens with one attached hydrogen (secondary N) is 1. The fourth-order valence-electron chi connectivity index (χ4n) is 1.70. The van der Waals surface area contributed by atoms with Gasteiger partial charge in [0.1, 0.15) is 12.1 Å². The second kappa shape index (κ2) is 8.72. The number of ether oxygens (including phenoxy) is 1. The van der Waals surface area contributed by atoms with Gasteiger partial charge in [-0.3, -0.25) is 0 Å². The van der Waals surface area contributed by atoms with Gasteiger partial charge in [0.2, 0.25) is 5.88 Å². The van der Waals surface area contributed by atoms with E-state index in [0.717, 1.165) is 37.4 Å². The average molecular weight is 251 g/mol. The first kappa shape index (κ1) is 14.7. The molecule has 0 bridgehead atoms. The molecule has 102 valence electrons. The molecule has 0 saturated heterocycles. The Hall–Kier alpha value is -1.32. The maximum Gasteiger partial charge on any atom is 0.221 e. The molecule has 1 aromatic heterocycles. The van der Waals surface area contributed by atoms with Gasteiger partial charge in [0.05, 0.1) is 12.2 Å². The van der Waals surface area contributed by atoms with Crippen LogP contribution in [0.5, 0.6) is 5.88 Å². The molecule has 1 rings (SSSR count). The first-order valence-corrected chi connectivity index (χ1v) is 6.97. The van der Waals surface area contributed by atoms with Crippen LogP contribution < -0.4 is 10.1 Å². The molecule has 0 atom stereocenters. The number of hydrogen-bond acceptors (Lipinski definition) is 4. The molecule has 0 fully saturated rings. The smallest absolute Gasteiger partial charge is 0.221 e. The van der Waals surface area contributed by atoms with Crippen LogP contribution in [-0.2, 0) is 0 Å². The fraction of sp³-hybridized carbons (Fsp3) is 0.714. The highest BCUT2D eigenvalue weighted by Gasteiger charge is 2.07. The lowest BCUT2D eigenvalue weighted by atomic mass is 10.2. The Bertz CT molecular complexity index is 342. The van der Waals surface area contributed by atoms with Crippen LogP contribution in [0.1, 0.15) is 51.5 Å². The van der Waals surface area contributed by atoms with Crippen LogP contribution in [0.25, 0.3) is 0 Å². The molecule has 4 heteroatoms. The normalized spacial score (nSPS) is 10.4. The summed E-state index contributed by atoms with van der Waals surface area (Å²) in [5, 5.41) is 3.28. The molecule has 1 N–H and O–H groups in total. The van der Waals surface area contributed by atoms with Crippen LogP contribution in [0.15, 0.2) is 6.33 Å². The molecule has 0 saturated carbocycles. The summed E-state index contributed by atoms with van der Waals surface area (Å²) < 4.78 is 5.71. The number of unbranched alkanes of at least 4 members (excludes halogenated alkanes) is 3. The van der Waals surface area contributed by atoms with Crippen molar-refractivity contribution in [3.05, 3.63) is 11.9 Å². The van der Waals surface area contributed by atoms with E-state index < -0.39 is 0 Å². The largest absolute Gasteiger partial charge is 0.477 e. The van der Waals surface area contributed by atoms with E-state index in [4.69, 9.17) is 4.74 Å². The maximum absolute atomic E-state index is 5.71. The second-order valence-corrected chi connectivity index (χ2v) is 4.49. The zero-order chi connectivity index (χ0) is 13.2. The van der Waals surface area contributed by atoms with Crippen molar-refractivity contribution in [1.29, 1.82) is 0 Å². The van der Waals surface area contributed by atoms with Gasteiger partial charge in [0, 0.05) is 6.54 Å². The van der Waals surface area contributed by atoms with Crippen molar-refractivity contribution in [2.24, 2.45) is 0 Å². The molecule has 1 heterocycles. The van der Waals surface area contributed by atoms with Crippen molar-refractivity contribution in [1.82, 2.24) is 9.97 Å². The molecule has 0 amide bonds. The van der Waals surface area contributed by atoms with Crippen molar-refractivity contribution >= 4 is 5.82 Å². The lowest BCUT2D eigenvalue weighted by Crippen LogP contribution is -2.07. The highest BCUT2D eigenvalue weighted by molar-refractivity contribution is 5.47. The summed E-state index contributed by atoms with van der Waals surface area (Å²) in [7, 11) is 0. The Balaban J connectivity index is 2.44. The van der Waals surface area contributed by atoms with Crippen molar-refractivity contribution in [2.45, 2.75) is 52.9 Å². The first-order chi connectivity index (χ1) is 8.79. The summed E-state index contributed by atoms with van der Waals surface area (Å²) >= 11 is 0. The van der Waals surface area contributed by atoms with Crippen molar-refractivity contribution in [2.75, 3.05) is 18.5 Å². The highest BCUT2D eigenvalue weighted by atomic mass is 16.5. The van der Waals surface area contributed by atoms with E-state index in [-0.39, 0.29) is 0 Å². The number of anilines is 1. The van der Waals surface area contributed by atoms with E-state index in [1.54, 1.807) is 6.33 Å². The van der Waals surface area contributed by atoms with Crippen LogP contribution in [0.3, 0.4) is 0 Å². The van der Waals surface area contributed by atoms with E-state index in [0.29, 0.717) is 5.88 Å². The number of aromatic nitrogens is 2. The van der Waals surface area contributed by atoms with E-state index >= 15 is 0 Å². The summed E-state index contributed by atoms with van der Waals surface area (Å²) in [6.45, 7) is 8.01. The summed E-state index contributed by atoms with van der Waals surface area (Å²) in [4.78, 5) is 8.42. The SMILES string of the molecule is CCCCCCOc1ncnc(NCCC)c1C. The lowest BCUT2D eigenvalue weighted by Gasteiger charge is -2.11. The van der Waals surface area contributed by atoms with E-state index in [9.17, 15) is 0 Å². The number of hydrogen-bond donors (Lipinski definition) is 1. The molecule has 4 nitrogen and oxygen atoms in total. The van der Waals surface area contributed by atoms with Gasteiger partial charge < -0.3 is 10.1 Å². The molecule has 0 aliphatic heterocycles. The quantitative estimate of drug-likeness (QED) is 0.682. The molecule has 0 spiro atoms. The molecule has 18 heavy (non-hydrogen) atoms. The maximum atomic E-state index is 5.71. The third-order valence-electron chi connectivity index (χ3n) is 2.82. The predicted octanol–water partition coefficient (Wildman–Crippen LogP) is 3.57. The Labute approximate surface area is 110 Å². The second-order valence-electron chi connectivity index (χ2n) is 4.49. The van der Waals surface area contributed by atoms with E-state index in [1.807, 2.05) is 6.92 Å². The third-order valence-corrected chi connectivity index (χ3v) is 2.82. The van der Waals surface area contributed by atoms with Gasteiger partial charge in [0.25, 0.3) is 0 Å². The van der Waals surface area contributed by atoms with Gasteiger partial charge in [-0.05, 0) is 19.8 Å². The molecule has 1 aromatic rings. The van der Waals surface area contributed by atoms with Gasteiger partial charge in [-0.2, -0.15) is 0 Å². The Morgan fingerprint density at radius 1 is 1.11 bits per heavy atom. The van der Waals surface area contributed by atoms with Gasteiger partial charge >= 0.3 is 0 Å². The van der Waals surface area contributed by atoms with Crippen LogP contribution in [0.4, 0.5) is 5.82 Å². The molecule has 0 unspecified atom stereocenters. The first-order valence-electron chi connectivity index (χ1n) is 6.97. The third kappa shape index (κ3) is 4.90. The Kier molecular flexibility index (Phi) is 7.14.